The van der Waals surface area contributed by atoms with Gasteiger partial charge in [-0.3, -0.25) is 9.59 Å². The highest BCUT2D eigenvalue weighted by Crippen LogP contribution is 2.33. The van der Waals surface area contributed by atoms with E-state index in [1.165, 1.54) is 12.1 Å². The minimum Gasteiger partial charge on any atom is -0.481 e. The van der Waals surface area contributed by atoms with Crippen LogP contribution in [0.2, 0.25) is 0 Å². The Kier molecular flexibility index (Phi) is 1.84. The molecule has 0 aromatic heterocycles. The van der Waals surface area contributed by atoms with Crippen LogP contribution in [0.3, 0.4) is 0 Å². The second kappa shape index (κ2) is 2.90. The average Bonchev–Trinajstić information content (AvgIpc) is 2.44. The van der Waals surface area contributed by atoms with Crippen LogP contribution in [0.4, 0.5) is 4.39 Å². The molecule has 1 aromatic carbocycles. The zero-order valence-electron chi connectivity index (χ0n) is 7.16. The van der Waals surface area contributed by atoms with E-state index in [0.29, 0.717) is 5.56 Å². The molecule has 0 radical (unpaired) electrons. The Morgan fingerprint density at radius 2 is 2.21 bits per heavy atom. The van der Waals surface area contributed by atoms with Crippen LogP contribution in [0.25, 0.3) is 0 Å². The highest BCUT2D eigenvalue weighted by Gasteiger charge is 2.34. The molecule has 1 atom stereocenters. The van der Waals surface area contributed by atoms with E-state index in [4.69, 9.17) is 5.11 Å². The number of ketones is 1. The molecule has 0 aliphatic heterocycles. The first-order valence-corrected chi connectivity index (χ1v) is 4.15. The summed E-state index contributed by atoms with van der Waals surface area (Å²) in [4.78, 5) is 22.1. The molecule has 1 unspecified atom stereocenters. The molecule has 0 fully saturated rings. The standard InChI is InChI=1S/C10H7FO3/c11-5-1-2-6-7(3-5)9(12)4-8(6)10(13)14/h1-3,8H,4H2,(H,13,14). The first-order chi connectivity index (χ1) is 6.59. The maximum absolute atomic E-state index is 12.8. The lowest BCUT2D eigenvalue weighted by atomic mass is 10.0. The zero-order valence-corrected chi connectivity index (χ0v) is 7.16. The number of aliphatic carboxylic acids is 1. The van der Waals surface area contributed by atoms with E-state index >= 15 is 0 Å². The Balaban J connectivity index is 2.55. The van der Waals surface area contributed by atoms with Gasteiger partial charge in [0.2, 0.25) is 0 Å². The molecule has 4 heteroatoms. The topological polar surface area (TPSA) is 54.4 Å². The average molecular weight is 194 g/mol. The van der Waals surface area contributed by atoms with E-state index in [9.17, 15) is 14.0 Å². The highest BCUT2D eigenvalue weighted by molar-refractivity contribution is 6.05. The number of benzene rings is 1. The third kappa shape index (κ3) is 1.19. The summed E-state index contributed by atoms with van der Waals surface area (Å²) < 4.78 is 12.8. The molecule has 1 N–H and O–H groups in total. The number of rotatable bonds is 1. The quantitative estimate of drug-likeness (QED) is 0.738. The lowest BCUT2D eigenvalue weighted by Crippen LogP contribution is -2.08. The van der Waals surface area contributed by atoms with Gasteiger partial charge < -0.3 is 5.11 Å². The molecule has 0 bridgehead atoms. The van der Waals surface area contributed by atoms with Crippen LogP contribution in [0.5, 0.6) is 0 Å². The fraction of sp³-hybridized carbons (Fsp3) is 0.200. The number of carbonyl (C=O) groups is 2. The van der Waals surface area contributed by atoms with E-state index in [-0.39, 0.29) is 17.8 Å². The fourth-order valence-electron chi connectivity index (χ4n) is 1.70. The van der Waals surface area contributed by atoms with E-state index in [0.717, 1.165) is 6.07 Å². The van der Waals surface area contributed by atoms with Gasteiger partial charge in [0.15, 0.2) is 5.78 Å². The third-order valence-corrected chi connectivity index (χ3v) is 2.38. The molecular weight excluding hydrogens is 187 g/mol. The molecule has 14 heavy (non-hydrogen) atoms. The minimum absolute atomic E-state index is 0.0614. The molecule has 0 amide bonds. The molecule has 1 aliphatic rings. The Morgan fingerprint density at radius 1 is 1.50 bits per heavy atom. The predicted octanol–water partition coefficient (Wildman–Crippen LogP) is 1.58. The summed E-state index contributed by atoms with van der Waals surface area (Å²) in [5.41, 5.74) is 0.626. The first-order valence-electron chi connectivity index (χ1n) is 4.15. The van der Waals surface area contributed by atoms with Crippen molar-refractivity contribution in [2.45, 2.75) is 12.3 Å². The Bertz CT molecular complexity index is 425. The van der Waals surface area contributed by atoms with Gasteiger partial charge in [-0.25, -0.2) is 4.39 Å². The first kappa shape index (κ1) is 8.87. The Labute approximate surface area is 79.2 Å². The van der Waals surface area contributed by atoms with Crippen LogP contribution in [0.15, 0.2) is 18.2 Å². The van der Waals surface area contributed by atoms with Gasteiger partial charge in [0, 0.05) is 12.0 Å². The van der Waals surface area contributed by atoms with Gasteiger partial charge in [0.05, 0.1) is 5.92 Å². The fourth-order valence-corrected chi connectivity index (χ4v) is 1.70. The molecule has 0 saturated carbocycles. The maximum atomic E-state index is 12.8. The summed E-state index contributed by atoms with van der Waals surface area (Å²) >= 11 is 0. The van der Waals surface area contributed by atoms with Gasteiger partial charge >= 0.3 is 5.97 Å². The summed E-state index contributed by atoms with van der Waals surface area (Å²) in [6.45, 7) is 0. The van der Waals surface area contributed by atoms with Crippen LogP contribution >= 0.6 is 0 Å². The minimum atomic E-state index is -1.04. The molecule has 1 aliphatic carbocycles. The van der Waals surface area contributed by atoms with Gasteiger partial charge in [-0.05, 0) is 17.7 Å². The van der Waals surface area contributed by atoms with Crippen molar-refractivity contribution in [2.24, 2.45) is 0 Å². The van der Waals surface area contributed by atoms with Crippen LogP contribution in [-0.4, -0.2) is 16.9 Å². The Hall–Kier alpha value is -1.71. The van der Waals surface area contributed by atoms with E-state index < -0.39 is 17.7 Å². The van der Waals surface area contributed by atoms with Crippen LogP contribution < -0.4 is 0 Å². The van der Waals surface area contributed by atoms with Crippen molar-refractivity contribution < 1.29 is 19.1 Å². The number of Topliss-reactive ketones (excluding diaryl/α,β-unsaturated/α-hetero) is 1. The molecular formula is C10H7FO3. The lowest BCUT2D eigenvalue weighted by molar-refractivity contribution is -0.138. The molecule has 1 aromatic rings. The van der Waals surface area contributed by atoms with E-state index in [1.54, 1.807) is 0 Å². The number of carbonyl (C=O) groups excluding carboxylic acids is 1. The summed E-state index contributed by atoms with van der Waals surface area (Å²) in [6.07, 6.45) is -0.0614. The molecule has 2 rings (SSSR count). The van der Waals surface area contributed by atoms with E-state index in [2.05, 4.69) is 0 Å². The van der Waals surface area contributed by atoms with Gasteiger partial charge in [-0.15, -0.1) is 0 Å². The summed E-state index contributed by atoms with van der Waals surface area (Å²) in [7, 11) is 0. The van der Waals surface area contributed by atoms with Crippen LogP contribution in [-0.2, 0) is 4.79 Å². The van der Waals surface area contributed by atoms with Crippen LogP contribution in [0, 0.1) is 5.82 Å². The van der Waals surface area contributed by atoms with Gasteiger partial charge in [-0.2, -0.15) is 0 Å². The number of hydrogen-bond acceptors (Lipinski definition) is 2. The third-order valence-electron chi connectivity index (χ3n) is 2.38. The number of carboxylic acids is 1. The SMILES string of the molecule is O=C1CC(C(=O)O)c2ccc(F)cc21. The second-order valence-electron chi connectivity index (χ2n) is 3.25. The van der Waals surface area contributed by atoms with Gasteiger partial charge in [-0.1, -0.05) is 6.07 Å². The van der Waals surface area contributed by atoms with Crippen molar-refractivity contribution in [1.82, 2.24) is 0 Å². The Morgan fingerprint density at radius 3 is 2.86 bits per heavy atom. The molecule has 3 nitrogen and oxygen atoms in total. The number of hydrogen-bond donors (Lipinski definition) is 1. The normalized spacial score (nSPS) is 19.5. The predicted molar refractivity (Wildman–Crippen MR) is 45.7 cm³/mol. The summed E-state index contributed by atoms with van der Waals surface area (Å²) in [5, 5.41) is 8.80. The molecule has 72 valence electrons. The smallest absolute Gasteiger partial charge is 0.311 e. The van der Waals surface area contributed by atoms with Crippen molar-refractivity contribution in [3.05, 3.63) is 35.1 Å². The van der Waals surface area contributed by atoms with Gasteiger partial charge in [0.25, 0.3) is 0 Å². The van der Waals surface area contributed by atoms with Crippen molar-refractivity contribution in [3.63, 3.8) is 0 Å². The van der Waals surface area contributed by atoms with Crippen LogP contribution in [0.1, 0.15) is 28.3 Å². The molecule has 0 spiro atoms. The highest BCUT2D eigenvalue weighted by atomic mass is 19.1. The van der Waals surface area contributed by atoms with Crippen molar-refractivity contribution in [1.29, 1.82) is 0 Å². The lowest BCUT2D eigenvalue weighted by Gasteiger charge is -2.03. The number of halogens is 1. The largest absolute Gasteiger partial charge is 0.481 e. The van der Waals surface area contributed by atoms with Crippen molar-refractivity contribution >= 4 is 11.8 Å². The van der Waals surface area contributed by atoms with Crippen molar-refractivity contribution in [2.75, 3.05) is 0 Å². The summed E-state index contributed by atoms with van der Waals surface area (Å²) in [5.74, 6) is -2.66. The van der Waals surface area contributed by atoms with E-state index in [1.807, 2.05) is 0 Å². The number of carboxylic acid groups (broad SMARTS) is 1. The number of fused-ring (bicyclic) bond motifs is 1. The summed E-state index contributed by atoms with van der Waals surface area (Å²) in [6, 6.07) is 3.64. The zero-order chi connectivity index (χ0) is 10.3. The van der Waals surface area contributed by atoms with Gasteiger partial charge in [0.1, 0.15) is 5.82 Å². The molecule has 0 saturated heterocycles. The van der Waals surface area contributed by atoms with Crippen molar-refractivity contribution in [3.8, 4) is 0 Å². The monoisotopic (exact) mass is 194 g/mol. The second-order valence-corrected chi connectivity index (χ2v) is 3.25. The maximum Gasteiger partial charge on any atom is 0.311 e. The molecule has 0 heterocycles.